The topological polar surface area (TPSA) is 51.2 Å². The van der Waals surface area contributed by atoms with E-state index in [0.29, 0.717) is 11.5 Å². The monoisotopic (exact) mass is 408 g/mol. The van der Waals surface area contributed by atoms with Crippen LogP contribution in [0, 0.1) is 0 Å². The molecule has 1 heterocycles. The molecule has 1 fully saturated rings. The minimum atomic E-state index is -0.414. The van der Waals surface area contributed by atoms with Gasteiger partial charge < -0.3 is 10.1 Å². The van der Waals surface area contributed by atoms with Gasteiger partial charge in [0.05, 0.1) is 5.41 Å². The average molecular weight is 409 g/mol. The summed E-state index contributed by atoms with van der Waals surface area (Å²) in [5.41, 5.74) is 1.37. The first-order chi connectivity index (χ1) is 12.7. The second-order valence-corrected chi connectivity index (χ2v) is 7.27. The Morgan fingerprint density at radius 3 is 2.42 bits per heavy atom. The van der Waals surface area contributed by atoms with E-state index in [1.54, 1.807) is 24.5 Å². The predicted molar refractivity (Wildman–Crippen MR) is 104 cm³/mol. The van der Waals surface area contributed by atoms with Gasteiger partial charge in [-0.05, 0) is 54.8 Å². The third-order valence-electron chi connectivity index (χ3n) is 4.56. The van der Waals surface area contributed by atoms with E-state index < -0.39 is 5.41 Å². The minimum Gasteiger partial charge on any atom is -0.457 e. The number of hydrogen-bond donors (Lipinski definition) is 1. The SMILES string of the molecule is O=C(Nc1cccc(Oc2ccncc2)c1)C1(c2ccc(Br)cc2)CC1. The molecule has 1 aliphatic rings. The maximum Gasteiger partial charge on any atom is 0.235 e. The highest BCUT2D eigenvalue weighted by Gasteiger charge is 2.51. The lowest BCUT2D eigenvalue weighted by atomic mass is 9.95. The van der Waals surface area contributed by atoms with E-state index in [0.717, 1.165) is 28.6 Å². The summed E-state index contributed by atoms with van der Waals surface area (Å²) in [5, 5.41) is 3.04. The second-order valence-electron chi connectivity index (χ2n) is 6.36. The molecular weight excluding hydrogens is 392 g/mol. The summed E-state index contributed by atoms with van der Waals surface area (Å²) >= 11 is 3.44. The van der Waals surface area contributed by atoms with E-state index in [1.165, 1.54) is 0 Å². The average Bonchev–Trinajstić information content (AvgIpc) is 3.45. The van der Waals surface area contributed by atoms with Gasteiger partial charge in [0.1, 0.15) is 11.5 Å². The van der Waals surface area contributed by atoms with Crippen molar-refractivity contribution in [2.45, 2.75) is 18.3 Å². The van der Waals surface area contributed by atoms with Gasteiger partial charge in [-0.2, -0.15) is 0 Å². The Labute approximate surface area is 160 Å². The van der Waals surface area contributed by atoms with Crippen LogP contribution in [0.2, 0.25) is 0 Å². The standard InChI is InChI=1S/C21H17BrN2O2/c22-16-6-4-15(5-7-16)21(10-11-21)20(25)24-17-2-1-3-19(14-17)26-18-8-12-23-13-9-18/h1-9,12-14H,10-11H2,(H,24,25). The van der Waals surface area contributed by atoms with E-state index >= 15 is 0 Å². The fraction of sp³-hybridized carbons (Fsp3) is 0.143. The van der Waals surface area contributed by atoms with Crippen molar-refractivity contribution in [1.82, 2.24) is 4.98 Å². The first-order valence-corrected chi connectivity index (χ1v) is 9.20. The van der Waals surface area contributed by atoms with E-state index in [1.807, 2.05) is 48.5 Å². The molecule has 1 saturated carbocycles. The number of rotatable bonds is 5. The summed E-state index contributed by atoms with van der Waals surface area (Å²) in [7, 11) is 0. The van der Waals surface area contributed by atoms with Crippen molar-refractivity contribution in [2.75, 3.05) is 5.32 Å². The van der Waals surface area contributed by atoms with Crippen LogP contribution in [0.25, 0.3) is 0 Å². The Morgan fingerprint density at radius 1 is 1.00 bits per heavy atom. The molecule has 3 aromatic rings. The van der Waals surface area contributed by atoms with Gasteiger partial charge in [-0.1, -0.05) is 34.1 Å². The van der Waals surface area contributed by atoms with Crippen LogP contribution in [-0.4, -0.2) is 10.9 Å². The third kappa shape index (κ3) is 3.48. The maximum atomic E-state index is 12.9. The van der Waals surface area contributed by atoms with E-state index in [-0.39, 0.29) is 5.91 Å². The number of carbonyl (C=O) groups is 1. The van der Waals surface area contributed by atoms with Gasteiger partial charge >= 0.3 is 0 Å². The van der Waals surface area contributed by atoms with Gasteiger partial charge in [-0.25, -0.2) is 0 Å². The van der Waals surface area contributed by atoms with E-state index in [9.17, 15) is 4.79 Å². The van der Waals surface area contributed by atoms with Gasteiger partial charge in [-0.3, -0.25) is 9.78 Å². The molecule has 26 heavy (non-hydrogen) atoms. The number of carbonyl (C=O) groups excluding carboxylic acids is 1. The van der Waals surface area contributed by atoms with Crippen molar-refractivity contribution in [2.24, 2.45) is 0 Å². The fourth-order valence-electron chi connectivity index (χ4n) is 2.97. The first-order valence-electron chi connectivity index (χ1n) is 8.41. The summed E-state index contributed by atoms with van der Waals surface area (Å²) in [6.07, 6.45) is 5.09. The molecule has 5 heteroatoms. The summed E-state index contributed by atoms with van der Waals surface area (Å²) in [6.45, 7) is 0. The number of halogens is 1. The van der Waals surface area contributed by atoms with E-state index in [2.05, 4.69) is 26.2 Å². The second kappa shape index (κ2) is 6.92. The number of ether oxygens (including phenoxy) is 1. The van der Waals surface area contributed by atoms with Crippen LogP contribution in [0.1, 0.15) is 18.4 Å². The normalized spacial score (nSPS) is 14.5. The molecule has 0 unspecified atom stereocenters. The Kier molecular flexibility index (Phi) is 4.47. The number of nitrogens with zero attached hydrogens (tertiary/aromatic N) is 1. The summed E-state index contributed by atoms with van der Waals surface area (Å²) in [4.78, 5) is 16.9. The molecule has 1 amide bonds. The summed E-state index contributed by atoms with van der Waals surface area (Å²) in [6, 6.07) is 19.0. The van der Waals surface area contributed by atoms with Gasteiger partial charge in [0.25, 0.3) is 0 Å². The molecule has 0 saturated heterocycles. The van der Waals surface area contributed by atoms with Crippen molar-refractivity contribution in [3.05, 3.63) is 83.1 Å². The van der Waals surface area contributed by atoms with Gasteiger partial charge in [0.15, 0.2) is 0 Å². The highest BCUT2D eigenvalue weighted by atomic mass is 79.9. The van der Waals surface area contributed by atoms with Crippen molar-refractivity contribution in [1.29, 1.82) is 0 Å². The minimum absolute atomic E-state index is 0.0286. The molecule has 1 aliphatic carbocycles. The zero-order valence-electron chi connectivity index (χ0n) is 14.0. The Bertz CT molecular complexity index is 922. The number of amides is 1. The molecule has 1 aromatic heterocycles. The Balaban J connectivity index is 1.49. The van der Waals surface area contributed by atoms with Crippen molar-refractivity contribution < 1.29 is 9.53 Å². The lowest BCUT2D eigenvalue weighted by molar-refractivity contribution is -0.118. The molecule has 2 aromatic carbocycles. The molecular formula is C21H17BrN2O2. The van der Waals surface area contributed by atoms with Crippen molar-refractivity contribution in [3.63, 3.8) is 0 Å². The molecule has 0 atom stereocenters. The van der Waals surface area contributed by atoms with Gasteiger partial charge in [-0.15, -0.1) is 0 Å². The van der Waals surface area contributed by atoms with Crippen molar-refractivity contribution in [3.8, 4) is 11.5 Å². The zero-order valence-corrected chi connectivity index (χ0v) is 15.6. The lowest BCUT2D eigenvalue weighted by Crippen LogP contribution is -2.27. The molecule has 0 radical (unpaired) electrons. The summed E-state index contributed by atoms with van der Waals surface area (Å²) < 4.78 is 6.82. The largest absolute Gasteiger partial charge is 0.457 e. The van der Waals surface area contributed by atoms with Gasteiger partial charge in [0.2, 0.25) is 5.91 Å². The molecule has 0 bridgehead atoms. The number of pyridine rings is 1. The third-order valence-corrected chi connectivity index (χ3v) is 5.09. The molecule has 1 N–H and O–H groups in total. The number of anilines is 1. The van der Waals surface area contributed by atoms with Crippen LogP contribution in [0.4, 0.5) is 5.69 Å². The quantitative estimate of drug-likeness (QED) is 0.622. The zero-order chi connectivity index (χ0) is 18.0. The van der Waals surface area contributed by atoms with Crippen LogP contribution >= 0.6 is 15.9 Å². The fourth-order valence-corrected chi connectivity index (χ4v) is 3.24. The maximum absolute atomic E-state index is 12.9. The molecule has 0 spiro atoms. The Morgan fingerprint density at radius 2 is 1.73 bits per heavy atom. The number of aromatic nitrogens is 1. The predicted octanol–water partition coefficient (Wildman–Crippen LogP) is 5.31. The van der Waals surface area contributed by atoms with Crippen molar-refractivity contribution >= 4 is 27.5 Å². The number of nitrogens with one attached hydrogen (secondary N) is 1. The molecule has 130 valence electrons. The van der Waals surface area contributed by atoms with Crippen LogP contribution in [-0.2, 0) is 10.2 Å². The van der Waals surface area contributed by atoms with Crippen LogP contribution in [0.5, 0.6) is 11.5 Å². The number of hydrogen-bond acceptors (Lipinski definition) is 3. The van der Waals surface area contributed by atoms with Crippen LogP contribution < -0.4 is 10.1 Å². The number of benzene rings is 2. The summed E-state index contributed by atoms with van der Waals surface area (Å²) in [5.74, 6) is 1.40. The van der Waals surface area contributed by atoms with Gasteiger partial charge in [0, 0.05) is 28.6 Å². The highest BCUT2D eigenvalue weighted by Crippen LogP contribution is 2.49. The van der Waals surface area contributed by atoms with Crippen LogP contribution in [0.15, 0.2) is 77.5 Å². The molecule has 4 nitrogen and oxygen atoms in total. The first kappa shape index (κ1) is 16.8. The smallest absolute Gasteiger partial charge is 0.235 e. The lowest BCUT2D eigenvalue weighted by Gasteiger charge is -2.16. The molecule has 4 rings (SSSR count). The van der Waals surface area contributed by atoms with Crippen LogP contribution in [0.3, 0.4) is 0 Å². The van der Waals surface area contributed by atoms with E-state index in [4.69, 9.17) is 4.74 Å². The molecule has 0 aliphatic heterocycles. The highest BCUT2D eigenvalue weighted by molar-refractivity contribution is 9.10. The Hall–Kier alpha value is -2.66.